The second-order valence-electron chi connectivity index (χ2n) is 4.69. The van der Waals surface area contributed by atoms with Crippen molar-refractivity contribution in [1.29, 1.82) is 0 Å². The Kier molecular flexibility index (Phi) is 11.7. The van der Waals surface area contributed by atoms with Gasteiger partial charge in [-0.05, 0) is 0 Å². The predicted octanol–water partition coefficient (Wildman–Crippen LogP) is -0.494. The summed E-state index contributed by atoms with van der Waals surface area (Å²) in [6, 6.07) is 0. The number of hydrogen-bond acceptors (Lipinski definition) is 3. The molecule has 0 aliphatic carbocycles. The van der Waals surface area contributed by atoms with Gasteiger partial charge in [0, 0.05) is 0 Å². The van der Waals surface area contributed by atoms with E-state index in [1.165, 1.54) is 0 Å². The first-order valence-electron chi connectivity index (χ1n) is 6.05. The Morgan fingerprint density at radius 2 is 0.880 bits per heavy atom. The van der Waals surface area contributed by atoms with Gasteiger partial charge in [0.05, 0.1) is 15.9 Å². The van der Waals surface area contributed by atoms with Crippen molar-refractivity contribution >= 4 is 10.1 Å². The van der Waals surface area contributed by atoms with E-state index in [1.54, 1.807) is 0 Å². The Hall–Kier alpha value is -0.193. The van der Waals surface area contributed by atoms with Gasteiger partial charge in [0.2, 0.25) is 0 Å². The van der Waals surface area contributed by atoms with Crippen molar-refractivity contribution in [2.45, 2.75) is 55.8 Å². The molecule has 8 unspecified atom stereocenters. The van der Waals surface area contributed by atoms with E-state index in [0.717, 1.165) is 0 Å². The van der Waals surface area contributed by atoms with Crippen LogP contribution in [-0.4, -0.2) is 74.5 Å². The van der Waals surface area contributed by atoms with Gasteiger partial charge in [-0.1, -0.05) is 0 Å². The van der Waals surface area contributed by atoms with Crippen LogP contribution < -0.4 is 18.9 Å². The van der Waals surface area contributed by atoms with Gasteiger partial charge in [-0.15, -0.1) is 0 Å². The van der Waals surface area contributed by atoms with Gasteiger partial charge in [-0.2, -0.15) is 0 Å². The molecule has 0 saturated heterocycles. The van der Waals surface area contributed by atoms with Crippen LogP contribution in [0.3, 0.4) is 0 Å². The molecule has 0 saturated carbocycles. The first-order chi connectivity index (χ1) is 10.7. The standard InChI is InChI=1S/C10H12F10O3S.Li/c11-2(1-24(21,22)23)3(12)4(13)5(14)6(15)7(16)8(17)9(18)10(19)20;/h2-10H,1H2,(H,21,22,23);/q;+1/p-1. The van der Waals surface area contributed by atoms with Crippen LogP contribution >= 0.6 is 0 Å². The summed E-state index contributed by atoms with van der Waals surface area (Å²) in [6.45, 7) is 0. The Morgan fingerprint density at radius 1 is 0.600 bits per heavy atom. The van der Waals surface area contributed by atoms with Crippen molar-refractivity contribution in [2.75, 3.05) is 5.75 Å². The summed E-state index contributed by atoms with van der Waals surface area (Å²) in [5.41, 5.74) is 0. The van der Waals surface area contributed by atoms with Crippen LogP contribution in [0.1, 0.15) is 0 Å². The first kappa shape index (κ1) is 27.0. The molecule has 0 N–H and O–H groups in total. The molecule has 0 aliphatic heterocycles. The molecule has 0 amide bonds. The molecule has 0 aliphatic rings. The van der Waals surface area contributed by atoms with E-state index in [2.05, 4.69) is 0 Å². The van der Waals surface area contributed by atoms with Crippen molar-refractivity contribution in [2.24, 2.45) is 0 Å². The van der Waals surface area contributed by atoms with E-state index < -0.39 is 71.7 Å². The van der Waals surface area contributed by atoms with Crippen LogP contribution in [0.15, 0.2) is 0 Å². The predicted molar refractivity (Wildman–Crippen MR) is 59.7 cm³/mol. The molecule has 25 heavy (non-hydrogen) atoms. The molecular weight excluding hydrogens is 397 g/mol. The van der Waals surface area contributed by atoms with Crippen molar-refractivity contribution in [1.82, 2.24) is 0 Å². The monoisotopic (exact) mass is 408 g/mol. The number of hydrogen-bond donors (Lipinski definition) is 0. The third kappa shape index (κ3) is 8.36. The Balaban J connectivity index is 0. The van der Waals surface area contributed by atoms with E-state index in [1.807, 2.05) is 0 Å². The fraction of sp³-hybridized carbons (Fsp3) is 1.00. The molecule has 0 heterocycles. The molecule has 0 bridgehead atoms. The van der Waals surface area contributed by atoms with Crippen LogP contribution in [0.2, 0.25) is 0 Å². The fourth-order valence-corrected chi connectivity index (χ4v) is 2.08. The zero-order chi connectivity index (χ0) is 19.4. The van der Waals surface area contributed by atoms with E-state index >= 15 is 0 Å². The number of alkyl halides is 10. The van der Waals surface area contributed by atoms with E-state index in [0.29, 0.717) is 0 Å². The third-order valence-corrected chi connectivity index (χ3v) is 3.50. The molecular formula is C10H11F10LiO3S. The van der Waals surface area contributed by atoms with Crippen LogP contribution in [0.5, 0.6) is 0 Å². The molecule has 0 aromatic rings. The summed E-state index contributed by atoms with van der Waals surface area (Å²) in [6.07, 6.45) is -35.0. The molecule has 0 aromatic carbocycles. The SMILES string of the molecule is O=S(=O)([O-])CC(F)C(F)C(F)C(F)C(F)C(F)C(F)C(F)C(F)F.[Li+]. The van der Waals surface area contributed by atoms with Gasteiger partial charge in [-0.3, -0.25) is 0 Å². The van der Waals surface area contributed by atoms with E-state index in [-0.39, 0.29) is 18.9 Å². The maximum atomic E-state index is 13.2. The van der Waals surface area contributed by atoms with Crippen LogP contribution in [-0.2, 0) is 10.1 Å². The summed E-state index contributed by atoms with van der Waals surface area (Å²) in [5.74, 6) is -2.15. The van der Waals surface area contributed by atoms with Crippen molar-refractivity contribution in [3.8, 4) is 0 Å². The molecule has 0 rings (SSSR count). The number of rotatable bonds is 10. The smallest absolute Gasteiger partial charge is 0.748 e. The summed E-state index contributed by atoms with van der Waals surface area (Å²) in [7, 11) is -5.41. The summed E-state index contributed by atoms with van der Waals surface area (Å²) in [5, 5.41) is 0. The van der Waals surface area contributed by atoms with Gasteiger partial charge >= 0.3 is 18.9 Å². The van der Waals surface area contributed by atoms with Crippen molar-refractivity contribution < 1.29 is 75.7 Å². The molecule has 0 aromatic heterocycles. The fourth-order valence-electron chi connectivity index (χ4n) is 1.50. The van der Waals surface area contributed by atoms with E-state index in [4.69, 9.17) is 0 Å². The molecule has 8 atom stereocenters. The molecule has 0 spiro atoms. The van der Waals surface area contributed by atoms with Crippen LogP contribution in [0, 0.1) is 0 Å². The van der Waals surface area contributed by atoms with Crippen LogP contribution in [0.25, 0.3) is 0 Å². The van der Waals surface area contributed by atoms with Gasteiger partial charge in [0.15, 0.2) is 43.2 Å². The Labute approximate surface area is 148 Å². The quantitative estimate of drug-likeness (QED) is 0.279. The molecule has 0 fully saturated rings. The average molecular weight is 408 g/mol. The first-order valence-corrected chi connectivity index (χ1v) is 7.62. The number of halogens is 10. The Morgan fingerprint density at radius 3 is 1.16 bits per heavy atom. The van der Waals surface area contributed by atoms with E-state index in [9.17, 15) is 56.9 Å². The minimum Gasteiger partial charge on any atom is -0.748 e. The largest absolute Gasteiger partial charge is 1.00 e. The zero-order valence-corrected chi connectivity index (χ0v) is 13.1. The minimum atomic E-state index is -5.41. The molecule has 3 nitrogen and oxygen atoms in total. The van der Waals surface area contributed by atoms with Gasteiger partial charge in [-0.25, -0.2) is 52.3 Å². The summed E-state index contributed by atoms with van der Waals surface area (Å²) < 4.78 is 158. The molecule has 15 heteroatoms. The van der Waals surface area contributed by atoms with Gasteiger partial charge < -0.3 is 4.55 Å². The van der Waals surface area contributed by atoms with Crippen molar-refractivity contribution in [3.63, 3.8) is 0 Å². The second kappa shape index (κ2) is 10.8. The van der Waals surface area contributed by atoms with Gasteiger partial charge in [0.25, 0.3) is 6.43 Å². The Bertz CT molecular complexity index is 484. The summed E-state index contributed by atoms with van der Waals surface area (Å²) >= 11 is 0. The van der Waals surface area contributed by atoms with Gasteiger partial charge in [0.1, 0.15) is 6.17 Å². The second-order valence-corrected chi connectivity index (χ2v) is 6.13. The van der Waals surface area contributed by atoms with Crippen molar-refractivity contribution in [3.05, 3.63) is 0 Å². The topological polar surface area (TPSA) is 57.2 Å². The summed E-state index contributed by atoms with van der Waals surface area (Å²) in [4.78, 5) is 0. The minimum absolute atomic E-state index is 0. The average Bonchev–Trinajstić information content (AvgIpc) is 2.47. The maximum absolute atomic E-state index is 13.2. The maximum Gasteiger partial charge on any atom is 1.00 e. The zero-order valence-electron chi connectivity index (χ0n) is 12.3. The third-order valence-electron chi connectivity index (χ3n) is 2.77. The molecule has 146 valence electrons. The normalized spacial score (nSPS) is 22.2. The van der Waals surface area contributed by atoms with Crippen LogP contribution in [0.4, 0.5) is 43.9 Å². The molecule has 0 radical (unpaired) electrons.